The van der Waals surface area contributed by atoms with Gasteiger partial charge in [-0.05, 0) is 36.3 Å². The molecule has 0 aliphatic carbocycles. The smallest absolute Gasteiger partial charge is 0.409 e. The second-order valence-corrected chi connectivity index (χ2v) is 6.06. The van der Waals surface area contributed by atoms with E-state index in [2.05, 4.69) is 18.2 Å². The second-order valence-electron chi connectivity index (χ2n) is 6.06. The van der Waals surface area contributed by atoms with Crippen molar-refractivity contribution in [1.29, 1.82) is 0 Å². The number of fused-ring (bicyclic) bond motifs is 2. The Bertz CT molecular complexity index is 907. The molecule has 0 unspecified atom stereocenters. The first-order valence-corrected chi connectivity index (χ1v) is 8.19. The van der Waals surface area contributed by atoms with Gasteiger partial charge < -0.3 is 14.4 Å². The normalized spacial score (nSPS) is 15.7. The number of rotatable bonds is 0. The lowest BCUT2D eigenvalue weighted by molar-refractivity contribution is 0.122. The van der Waals surface area contributed by atoms with Crippen LogP contribution in [0.25, 0.3) is 11.6 Å². The third kappa shape index (κ3) is 2.54. The van der Waals surface area contributed by atoms with Crippen molar-refractivity contribution in [2.75, 3.05) is 20.2 Å². The van der Waals surface area contributed by atoms with Crippen LogP contribution < -0.4 is 15.2 Å². The maximum atomic E-state index is 11.6. The van der Waals surface area contributed by atoms with Crippen molar-refractivity contribution in [3.8, 4) is 11.5 Å². The van der Waals surface area contributed by atoms with Gasteiger partial charge >= 0.3 is 6.09 Å². The van der Waals surface area contributed by atoms with Crippen LogP contribution in [0.3, 0.4) is 0 Å². The van der Waals surface area contributed by atoms with Gasteiger partial charge in [-0.15, -0.1) is 0 Å². The third-order valence-corrected chi connectivity index (χ3v) is 4.69. The number of nitrogens with zero attached hydrogens (tertiary/aromatic N) is 1. The van der Waals surface area contributed by atoms with Crippen LogP contribution in [-0.4, -0.2) is 31.2 Å². The number of carbonyl (C=O) groups is 1. The number of hydrogen-bond acceptors (Lipinski definition) is 3. The number of amides is 1. The molecule has 1 amide bonds. The Morgan fingerprint density at radius 1 is 1.04 bits per heavy atom. The van der Waals surface area contributed by atoms with Crippen molar-refractivity contribution in [1.82, 2.24) is 4.90 Å². The molecule has 0 radical (unpaired) electrons. The van der Waals surface area contributed by atoms with Gasteiger partial charge in [-0.1, -0.05) is 35.9 Å². The number of carbonyl (C=O) groups excluding carboxylic acids is 1. The van der Waals surface area contributed by atoms with Crippen molar-refractivity contribution < 1.29 is 14.3 Å². The predicted octanol–water partition coefficient (Wildman–Crippen LogP) is 2.63. The van der Waals surface area contributed by atoms with Gasteiger partial charge in [0.15, 0.2) is 0 Å². The Labute approximate surface area is 140 Å². The minimum atomic E-state index is -0.243. The van der Waals surface area contributed by atoms with E-state index in [0.717, 1.165) is 35.1 Å². The number of hydrogen-bond donors (Lipinski definition) is 0. The number of ether oxygens (including phenoxy) is 2. The van der Waals surface area contributed by atoms with E-state index in [-0.39, 0.29) is 6.09 Å². The summed E-state index contributed by atoms with van der Waals surface area (Å²) in [5.41, 5.74) is 2.47. The Hall–Kier alpha value is -2.75. The molecule has 2 aromatic rings. The molecule has 1 saturated heterocycles. The lowest BCUT2D eigenvalue weighted by Gasteiger charge is -2.27. The topological polar surface area (TPSA) is 38.8 Å². The average molecular weight is 321 g/mol. The maximum absolute atomic E-state index is 11.6. The summed E-state index contributed by atoms with van der Waals surface area (Å²) in [5, 5.41) is 2.37. The molecule has 2 aliphatic heterocycles. The molecule has 2 aliphatic rings. The van der Waals surface area contributed by atoms with E-state index < -0.39 is 0 Å². The third-order valence-electron chi connectivity index (χ3n) is 4.69. The molecule has 4 nitrogen and oxygen atoms in total. The molecule has 4 rings (SSSR count). The van der Waals surface area contributed by atoms with Gasteiger partial charge in [0, 0.05) is 23.9 Å². The zero-order valence-electron chi connectivity index (χ0n) is 13.6. The van der Waals surface area contributed by atoms with Crippen LogP contribution in [0.15, 0.2) is 42.5 Å². The van der Waals surface area contributed by atoms with Gasteiger partial charge in [0.1, 0.15) is 11.5 Å². The summed E-state index contributed by atoms with van der Waals surface area (Å²) in [6, 6.07) is 14.3. The standard InChI is InChI=1S/C20H19NO3/c1-23-20(22)21-11-9-14(10-12-21)16-6-4-8-19-17(16)13-15-5-2-3-7-18(15)24-19/h2-8,13H,9-12H2,1H3. The van der Waals surface area contributed by atoms with Gasteiger partial charge in [0.05, 0.1) is 7.11 Å². The van der Waals surface area contributed by atoms with E-state index >= 15 is 0 Å². The molecule has 0 atom stereocenters. The highest BCUT2D eigenvalue weighted by molar-refractivity contribution is 5.69. The Kier molecular flexibility index (Phi) is 3.73. The molecule has 4 heteroatoms. The number of methoxy groups -OCH3 is 1. The lowest BCUT2D eigenvalue weighted by atomic mass is 9.98. The van der Waals surface area contributed by atoms with E-state index in [4.69, 9.17) is 9.47 Å². The summed E-state index contributed by atoms with van der Waals surface area (Å²) >= 11 is 0. The molecule has 122 valence electrons. The number of benzene rings is 2. The molecule has 24 heavy (non-hydrogen) atoms. The summed E-state index contributed by atoms with van der Waals surface area (Å²) in [6.07, 6.45) is 3.68. The minimum absolute atomic E-state index is 0.243. The van der Waals surface area contributed by atoms with Gasteiger partial charge in [-0.25, -0.2) is 4.79 Å². The fraction of sp³-hybridized carbons (Fsp3) is 0.250. The molecular weight excluding hydrogens is 302 g/mol. The summed E-state index contributed by atoms with van der Waals surface area (Å²) in [7, 11) is 1.43. The van der Waals surface area contributed by atoms with Crippen molar-refractivity contribution in [3.05, 3.63) is 58.5 Å². The summed E-state index contributed by atoms with van der Waals surface area (Å²) in [5.74, 6) is 1.79. The highest BCUT2D eigenvalue weighted by atomic mass is 16.5. The minimum Gasteiger partial charge on any atom is -0.456 e. The molecular formula is C20H19NO3. The first kappa shape index (κ1) is 14.8. The van der Waals surface area contributed by atoms with Crippen LogP contribution in [0.5, 0.6) is 11.5 Å². The highest BCUT2D eigenvalue weighted by Gasteiger charge is 2.20. The Morgan fingerprint density at radius 2 is 1.79 bits per heavy atom. The second kappa shape index (κ2) is 6.04. The average Bonchev–Trinajstić information content (AvgIpc) is 2.65. The summed E-state index contributed by atoms with van der Waals surface area (Å²) < 4.78 is 10.9. The van der Waals surface area contributed by atoms with Crippen LogP contribution in [-0.2, 0) is 4.74 Å². The molecule has 0 saturated carbocycles. The van der Waals surface area contributed by atoms with Crippen molar-refractivity contribution in [3.63, 3.8) is 0 Å². The van der Waals surface area contributed by atoms with Crippen LogP contribution in [0.4, 0.5) is 4.79 Å². The molecule has 2 heterocycles. The molecule has 2 aromatic carbocycles. The molecule has 0 N–H and O–H groups in total. The molecule has 0 spiro atoms. The van der Waals surface area contributed by atoms with E-state index in [9.17, 15) is 4.79 Å². The number of para-hydroxylation sites is 1. The quantitative estimate of drug-likeness (QED) is 0.639. The van der Waals surface area contributed by atoms with E-state index in [1.807, 2.05) is 30.3 Å². The molecule has 1 fully saturated rings. The van der Waals surface area contributed by atoms with Crippen LogP contribution in [0.1, 0.15) is 18.4 Å². The Morgan fingerprint density at radius 3 is 2.58 bits per heavy atom. The zero-order chi connectivity index (χ0) is 16.5. The number of piperidine rings is 1. The lowest BCUT2D eigenvalue weighted by Crippen LogP contribution is -2.39. The van der Waals surface area contributed by atoms with Crippen molar-refractivity contribution in [2.24, 2.45) is 0 Å². The SMILES string of the molecule is COC(=O)N1CCC(=c2cccc3c2=Cc2ccccc2O3)CC1. The largest absolute Gasteiger partial charge is 0.456 e. The summed E-state index contributed by atoms with van der Waals surface area (Å²) in [6.45, 7) is 1.40. The highest BCUT2D eigenvalue weighted by Crippen LogP contribution is 2.27. The van der Waals surface area contributed by atoms with Gasteiger partial charge in [-0.2, -0.15) is 0 Å². The fourth-order valence-electron chi connectivity index (χ4n) is 3.41. The van der Waals surface area contributed by atoms with Crippen molar-refractivity contribution >= 4 is 17.7 Å². The van der Waals surface area contributed by atoms with Gasteiger partial charge in [0.2, 0.25) is 0 Å². The maximum Gasteiger partial charge on any atom is 0.409 e. The molecule has 0 aromatic heterocycles. The van der Waals surface area contributed by atoms with Gasteiger partial charge in [0.25, 0.3) is 0 Å². The van der Waals surface area contributed by atoms with Gasteiger partial charge in [-0.3, -0.25) is 0 Å². The van der Waals surface area contributed by atoms with Crippen LogP contribution >= 0.6 is 0 Å². The van der Waals surface area contributed by atoms with E-state index in [1.165, 1.54) is 17.9 Å². The van der Waals surface area contributed by atoms with Crippen LogP contribution in [0.2, 0.25) is 0 Å². The number of likely N-dealkylation sites (tertiary alicyclic amines) is 1. The summed E-state index contributed by atoms with van der Waals surface area (Å²) in [4.78, 5) is 13.4. The first-order valence-electron chi connectivity index (χ1n) is 8.19. The predicted molar refractivity (Wildman–Crippen MR) is 92.4 cm³/mol. The molecule has 0 bridgehead atoms. The van der Waals surface area contributed by atoms with E-state index in [0.29, 0.717) is 13.1 Å². The first-order chi connectivity index (χ1) is 11.8. The monoisotopic (exact) mass is 321 g/mol. The van der Waals surface area contributed by atoms with Crippen LogP contribution in [0, 0.1) is 0 Å². The van der Waals surface area contributed by atoms with E-state index in [1.54, 1.807) is 4.90 Å². The zero-order valence-corrected chi connectivity index (χ0v) is 13.6. The van der Waals surface area contributed by atoms with Crippen molar-refractivity contribution in [2.45, 2.75) is 12.8 Å². The fourth-order valence-corrected chi connectivity index (χ4v) is 3.41. The Balaban J connectivity index is 1.77.